The summed E-state index contributed by atoms with van der Waals surface area (Å²) >= 11 is 5.71. The maximum atomic E-state index is 11.2. The van der Waals surface area contributed by atoms with Crippen LogP contribution in [0, 0.1) is 0 Å². The number of halogens is 1. The summed E-state index contributed by atoms with van der Waals surface area (Å²) in [7, 11) is 0. The summed E-state index contributed by atoms with van der Waals surface area (Å²) in [5, 5.41) is 9.67. The van der Waals surface area contributed by atoms with Gasteiger partial charge >= 0.3 is 5.97 Å². The van der Waals surface area contributed by atoms with Crippen molar-refractivity contribution in [3.05, 3.63) is 11.6 Å². The van der Waals surface area contributed by atoms with Crippen LogP contribution < -0.4 is 0 Å². The number of piperidine rings is 1. The lowest BCUT2D eigenvalue weighted by Gasteiger charge is -2.41. The van der Waals surface area contributed by atoms with E-state index in [1.807, 2.05) is 4.90 Å². The van der Waals surface area contributed by atoms with Gasteiger partial charge in [0.15, 0.2) is 0 Å². The Hall–Kier alpha value is -0.540. The lowest BCUT2D eigenvalue weighted by molar-refractivity contribution is -0.152. The van der Waals surface area contributed by atoms with E-state index in [4.69, 9.17) is 16.7 Å². The Balaban J connectivity index is 2.77. The first-order chi connectivity index (χ1) is 6.47. The maximum Gasteiger partial charge on any atom is 0.323 e. The van der Waals surface area contributed by atoms with E-state index in [0.29, 0.717) is 18.0 Å². The van der Waals surface area contributed by atoms with Crippen LogP contribution in [0.25, 0.3) is 0 Å². The number of hydrogen-bond acceptors (Lipinski definition) is 2. The van der Waals surface area contributed by atoms with Crippen molar-refractivity contribution < 1.29 is 9.90 Å². The van der Waals surface area contributed by atoms with Gasteiger partial charge < -0.3 is 5.11 Å². The van der Waals surface area contributed by atoms with Crippen LogP contribution in [-0.4, -0.2) is 34.6 Å². The van der Waals surface area contributed by atoms with E-state index >= 15 is 0 Å². The normalized spacial score (nSPS) is 28.7. The zero-order valence-corrected chi connectivity index (χ0v) is 9.18. The number of nitrogens with zero attached hydrogens (tertiary/aromatic N) is 1. The Morgan fingerprint density at radius 1 is 1.64 bits per heavy atom. The van der Waals surface area contributed by atoms with Crippen molar-refractivity contribution in [2.75, 3.05) is 13.1 Å². The molecular weight excluding hydrogens is 202 g/mol. The second kappa shape index (κ2) is 4.32. The van der Waals surface area contributed by atoms with E-state index in [9.17, 15) is 4.79 Å². The fourth-order valence-corrected chi connectivity index (χ4v) is 2.02. The highest BCUT2D eigenvalue weighted by molar-refractivity contribution is 6.29. The fraction of sp³-hybridized carbons (Fsp3) is 0.700. The van der Waals surface area contributed by atoms with Crippen molar-refractivity contribution in [2.45, 2.75) is 31.7 Å². The molecule has 80 valence electrons. The van der Waals surface area contributed by atoms with Gasteiger partial charge in [0, 0.05) is 11.6 Å². The minimum atomic E-state index is -0.768. The lowest BCUT2D eigenvalue weighted by Crippen LogP contribution is -2.55. The van der Waals surface area contributed by atoms with Crippen LogP contribution in [0.4, 0.5) is 0 Å². The van der Waals surface area contributed by atoms with Gasteiger partial charge in [-0.3, -0.25) is 9.69 Å². The first kappa shape index (κ1) is 11.5. The summed E-state index contributed by atoms with van der Waals surface area (Å²) in [6.45, 7) is 6.61. The molecule has 0 bridgehead atoms. The van der Waals surface area contributed by atoms with Gasteiger partial charge in [-0.15, -0.1) is 0 Å². The molecule has 0 amide bonds. The van der Waals surface area contributed by atoms with Gasteiger partial charge in [0.2, 0.25) is 0 Å². The van der Waals surface area contributed by atoms with E-state index in [-0.39, 0.29) is 0 Å². The molecule has 1 atom stereocenters. The van der Waals surface area contributed by atoms with Crippen LogP contribution in [-0.2, 0) is 4.79 Å². The molecule has 1 unspecified atom stereocenters. The molecule has 1 saturated heterocycles. The highest BCUT2D eigenvalue weighted by atomic mass is 35.5. The van der Waals surface area contributed by atoms with Crippen molar-refractivity contribution in [1.29, 1.82) is 0 Å². The maximum absolute atomic E-state index is 11.2. The summed E-state index contributed by atoms with van der Waals surface area (Å²) in [4.78, 5) is 13.1. The molecule has 0 aromatic carbocycles. The number of aliphatic carboxylic acids is 1. The van der Waals surface area contributed by atoms with E-state index in [1.54, 1.807) is 6.92 Å². The second-order valence-electron chi connectivity index (χ2n) is 3.97. The van der Waals surface area contributed by atoms with Crippen LogP contribution in [0.15, 0.2) is 11.6 Å². The molecule has 0 aliphatic carbocycles. The highest BCUT2D eigenvalue weighted by Gasteiger charge is 2.41. The van der Waals surface area contributed by atoms with Gasteiger partial charge in [0.05, 0.1) is 0 Å². The topological polar surface area (TPSA) is 40.5 Å². The summed E-state index contributed by atoms with van der Waals surface area (Å²) in [5.74, 6) is -0.768. The second-order valence-corrected chi connectivity index (χ2v) is 4.51. The third-order valence-electron chi connectivity index (χ3n) is 2.86. The van der Waals surface area contributed by atoms with Gasteiger partial charge in [-0.1, -0.05) is 18.2 Å². The summed E-state index contributed by atoms with van der Waals surface area (Å²) in [6.07, 6.45) is 2.69. The SMILES string of the molecule is C=C(Cl)CN1CCCCC1(C)C(=O)O. The molecule has 1 aliphatic rings. The quantitative estimate of drug-likeness (QED) is 0.787. The Labute approximate surface area is 89.3 Å². The van der Waals surface area contributed by atoms with Crippen LogP contribution in [0.2, 0.25) is 0 Å². The smallest absolute Gasteiger partial charge is 0.323 e. The van der Waals surface area contributed by atoms with Crippen LogP contribution in [0.1, 0.15) is 26.2 Å². The first-order valence-electron chi connectivity index (χ1n) is 4.78. The van der Waals surface area contributed by atoms with Gasteiger partial charge in [-0.25, -0.2) is 0 Å². The van der Waals surface area contributed by atoms with Crippen molar-refractivity contribution in [2.24, 2.45) is 0 Å². The molecule has 1 aliphatic heterocycles. The lowest BCUT2D eigenvalue weighted by atomic mass is 9.88. The third-order valence-corrected chi connectivity index (χ3v) is 2.98. The van der Waals surface area contributed by atoms with E-state index in [2.05, 4.69) is 6.58 Å². The fourth-order valence-electron chi connectivity index (χ4n) is 1.88. The largest absolute Gasteiger partial charge is 0.480 e. The average molecular weight is 218 g/mol. The van der Waals surface area contributed by atoms with Crippen molar-refractivity contribution in [3.63, 3.8) is 0 Å². The zero-order chi connectivity index (χ0) is 10.8. The van der Waals surface area contributed by atoms with Crippen LogP contribution in [0.3, 0.4) is 0 Å². The summed E-state index contributed by atoms with van der Waals surface area (Å²) in [6, 6.07) is 0. The predicted octanol–water partition coefficient (Wildman–Crippen LogP) is 2.07. The number of carboxylic acids is 1. The van der Waals surface area contributed by atoms with Crippen molar-refractivity contribution >= 4 is 17.6 Å². The van der Waals surface area contributed by atoms with E-state index in [1.165, 1.54) is 0 Å². The first-order valence-corrected chi connectivity index (χ1v) is 5.16. The van der Waals surface area contributed by atoms with Crippen LogP contribution in [0.5, 0.6) is 0 Å². The molecule has 0 radical (unpaired) electrons. The van der Waals surface area contributed by atoms with Crippen LogP contribution >= 0.6 is 11.6 Å². The third kappa shape index (κ3) is 2.28. The van der Waals surface area contributed by atoms with E-state index in [0.717, 1.165) is 19.4 Å². The van der Waals surface area contributed by atoms with Gasteiger partial charge in [-0.05, 0) is 32.7 Å². The van der Waals surface area contributed by atoms with Gasteiger partial charge in [0.1, 0.15) is 5.54 Å². The minimum Gasteiger partial charge on any atom is -0.480 e. The number of likely N-dealkylation sites (tertiary alicyclic amines) is 1. The van der Waals surface area contributed by atoms with Crippen molar-refractivity contribution in [1.82, 2.24) is 4.90 Å². The van der Waals surface area contributed by atoms with E-state index < -0.39 is 11.5 Å². The van der Waals surface area contributed by atoms with Crippen molar-refractivity contribution in [3.8, 4) is 0 Å². The molecule has 0 saturated carbocycles. The molecule has 14 heavy (non-hydrogen) atoms. The molecule has 4 heteroatoms. The molecule has 1 N–H and O–H groups in total. The summed E-state index contributed by atoms with van der Waals surface area (Å²) < 4.78 is 0. The van der Waals surface area contributed by atoms with Gasteiger partial charge in [0.25, 0.3) is 0 Å². The number of carbonyl (C=O) groups is 1. The molecule has 1 heterocycles. The molecule has 1 rings (SSSR count). The standard InChI is InChI=1S/C10H16ClNO2/c1-8(11)7-12-6-4-3-5-10(12,2)9(13)14/h1,3-7H2,2H3,(H,13,14). The predicted molar refractivity (Wildman–Crippen MR) is 56.5 cm³/mol. The zero-order valence-electron chi connectivity index (χ0n) is 8.42. The Morgan fingerprint density at radius 3 is 2.79 bits per heavy atom. The van der Waals surface area contributed by atoms with Gasteiger partial charge in [-0.2, -0.15) is 0 Å². The number of hydrogen-bond donors (Lipinski definition) is 1. The Kier molecular flexibility index (Phi) is 3.56. The molecular formula is C10H16ClNO2. The number of rotatable bonds is 3. The molecule has 1 fully saturated rings. The summed E-state index contributed by atoms with van der Waals surface area (Å²) in [5.41, 5.74) is -0.768. The average Bonchev–Trinajstić information content (AvgIpc) is 2.08. The molecule has 0 aromatic rings. The molecule has 0 spiro atoms. The minimum absolute atomic E-state index is 0.463. The monoisotopic (exact) mass is 217 g/mol. The Bertz CT molecular complexity index is 255. The highest BCUT2D eigenvalue weighted by Crippen LogP contribution is 2.28. The molecule has 3 nitrogen and oxygen atoms in total. The molecule has 0 aromatic heterocycles. The Morgan fingerprint density at radius 2 is 2.29 bits per heavy atom. The number of carboxylic acid groups (broad SMARTS) is 1.